The number of benzene rings is 1. The van der Waals surface area contributed by atoms with Crippen molar-refractivity contribution in [3.05, 3.63) is 29.8 Å². The summed E-state index contributed by atoms with van der Waals surface area (Å²) in [5.74, 6) is 0.904. The van der Waals surface area contributed by atoms with Gasteiger partial charge in [-0.2, -0.15) is 0 Å². The van der Waals surface area contributed by atoms with Gasteiger partial charge in [-0.15, -0.1) is 0 Å². The third-order valence-corrected chi connectivity index (χ3v) is 2.81. The zero-order chi connectivity index (χ0) is 12.5. The first-order valence-electron chi connectivity index (χ1n) is 6.18. The maximum atomic E-state index is 5.17. The van der Waals surface area contributed by atoms with E-state index in [1.54, 1.807) is 14.2 Å². The molecule has 0 saturated heterocycles. The summed E-state index contributed by atoms with van der Waals surface area (Å²) in [5, 5.41) is 3.50. The van der Waals surface area contributed by atoms with Crippen molar-refractivity contribution >= 4 is 0 Å². The van der Waals surface area contributed by atoms with Crippen molar-refractivity contribution in [2.45, 2.75) is 25.8 Å². The molecule has 0 bridgehead atoms. The summed E-state index contributed by atoms with van der Waals surface area (Å²) < 4.78 is 10.3. The van der Waals surface area contributed by atoms with Gasteiger partial charge in [0.05, 0.1) is 7.11 Å². The molecular formula is C14H23NO2. The second kappa shape index (κ2) is 8.09. The minimum Gasteiger partial charge on any atom is -0.497 e. The fourth-order valence-electron chi connectivity index (χ4n) is 1.90. The van der Waals surface area contributed by atoms with E-state index in [2.05, 4.69) is 24.4 Å². The van der Waals surface area contributed by atoms with Crippen LogP contribution in [0.5, 0.6) is 5.75 Å². The molecule has 3 heteroatoms. The molecule has 0 spiro atoms. The van der Waals surface area contributed by atoms with E-state index in [0.29, 0.717) is 6.04 Å². The van der Waals surface area contributed by atoms with E-state index in [4.69, 9.17) is 9.47 Å². The highest BCUT2D eigenvalue weighted by Crippen LogP contribution is 2.21. The van der Waals surface area contributed by atoms with Crippen LogP contribution in [0.15, 0.2) is 24.3 Å². The molecule has 1 aromatic rings. The first-order chi connectivity index (χ1) is 8.31. The molecule has 1 unspecified atom stereocenters. The fourth-order valence-corrected chi connectivity index (χ4v) is 1.90. The van der Waals surface area contributed by atoms with Crippen LogP contribution in [-0.4, -0.2) is 27.4 Å². The van der Waals surface area contributed by atoms with Crippen LogP contribution in [0.1, 0.15) is 31.4 Å². The quantitative estimate of drug-likeness (QED) is 0.705. The Bertz CT molecular complexity index is 298. The highest BCUT2D eigenvalue weighted by Gasteiger charge is 2.09. The number of hydrogen-bond acceptors (Lipinski definition) is 3. The molecule has 17 heavy (non-hydrogen) atoms. The molecule has 0 aliphatic carbocycles. The minimum atomic E-state index is 0.404. The molecule has 96 valence electrons. The predicted molar refractivity (Wildman–Crippen MR) is 70.5 cm³/mol. The lowest BCUT2D eigenvalue weighted by Crippen LogP contribution is -2.21. The van der Waals surface area contributed by atoms with Gasteiger partial charge in [0.15, 0.2) is 0 Å². The maximum absolute atomic E-state index is 5.17. The molecular weight excluding hydrogens is 214 g/mol. The van der Waals surface area contributed by atoms with E-state index in [-0.39, 0.29) is 0 Å². The second-order valence-corrected chi connectivity index (χ2v) is 4.02. The molecule has 0 heterocycles. The zero-order valence-electron chi connectivity index (χ0n) is 11.0. The molecule has 1 N–H and O–H groups in total. The number of rotatable bonds is 8. The van der Waals surface area contributed by atoms with Gasteiger partial charge in [-0.3, -0.25) is 0 Å². The van der Waals surface area contributed by atoms with Crippen molar-refractivity contribution in [1.82, 2.24) is 5.32 Å². The van der Waals surface area contributed by atoms with E-state index in [0.717, 1.165) is 31.7 Å². The van der Waals surface area contributed by atoms with Gasteiger partial charge in [-0.1, -0.05) is 19.1 Å². The highest BCUT2D eigenvalue weighted by atomic mass is 16.5. The SMILES string of the molecule is CCNC(CCCOC)c1ccc(OC)cc1. The van der Waals surface area contributed by atoms with Crippen LogP contribution in [0.25, 0.3) is 0 Å². The van der Waals surface area contributed by atoms with Crippen LogP contribution in [0.2, 0.25) is 0 Å². The molecule has 3 nitrogen and oxygen atoms in total. The Balaban J connectivity index is 2.60. The van der Waals surface area contributed by atoms with Gasteiger partial charge in [0.1, 0.15) is 5.75 Å². The van der Waals surface area contributed by atoms with E-state index in [1.165, 1.54) is 5.56 Å². The van der Waals surface area contributed by atoms with Gasteiger partial charge < -0.3 is 14.8 Å². The summed E-state index contributed by atoms with van der Waals surface area (Å²) in [7, 11) is 3.44. The standard InChI is InChI=1S/C14H23NO2/c1-4-15-14(6-5-11-16-2)12-7-9-13(17-3)10-8-12/h7-10,14-15H,4-6,11H2,1-3H3. The normalized spacial score (nSPS) is 12.4. The Labute approximate surface area is 104 Å². The molecule has 0 aliphatic rings. The Morgan fingerprint density at radius 1 is 1.18 bits per heavy atom. The lowest BCUT2D eigenvalue weighted by molar-refractivity contribution is 0.189. The summed E-state index contributed by atoms with van der Waals surface area (Å²) in [5.41, 5.74) is 1.31. The topological polar surface area (TPSA) is 30.5 Å². The van der Waals surface area contributed by atoms with Crippen molar-refractivity contribution in [1.29, 1.82) is 0 Å². The first-order valence-corrected chi connectivity index (χ1v) is 6.18. The number of ether oxygens (including phenoxy) is 2. The lowest BCUT2D eigenvalue weighted by Gasteiger charge is -2.18. The van der Waals surface area contributed by atoms with Gasteiger partial charge in [0, 0.05) is 19.8 Å². The van der Waals surface area contributed by atoms with Gasteiger partial charge >= 0.3 is 0 Å². The average Bonchev–Trinajstić information content (AvgIpc) is 2.38. The minimum absolute atomic E-state index is 0.404. The summed E-state index contributed by atoms with van der Waals surface area (Å²) in [4.78, 5) is 0. The van der Waals surface area contributed by atoms with E-state index < -0.39 is 0 Å². The van der Waals surface area contributed by atoms with Gasteiger partial charge in [0.2, 0.25) is 0 Å². The van der Waals surface area contributed by atoms with Gasteiger partial charge in [0.25, 0.3) is 0 Å². The molecule has 0 fully saturated rings. The summed E-state index contributed by atoms with van der Waals surface area (Å²) >= 11 is 0. The van der Waals surface area contributed by atoms with Gasteiger partial charge in [-0.05, 0) is 37.1 Å². The third kappa shape index (κ3) is 4.75. The summed E-state index contributed by atoms with van der Waals surface area (Å²) in [6, 6.07) is 8.67. The van der Waals surface area contributed by atoms with Crippen LogP contribution in [0.3, 0.4) is 0 Å². The van der Waals surface area contributed by atoms with Crippen molar-refractivity contribution in [3.63, 3.8) is 0 Å². The molecule has 1 atom stereocenters. The van der Waals surface area contributed by atoms with Gasteiger partial charge in [-0.25, -0.2) is 0 Å². The smallest absolute Gasteiger partial charge is 0.118 e. The maximum Gasteiger partial charge on any atom is 0.118 e. The van der Waals surface area contributed by atoms with Crippen LogP contribution >= 0.6 is 0 Å². The van der Waals surface area contributed by atoms with Crippen molar-refractivity contribution < 1.29 is 9.47 Å². The largest absolute Gasteiger partial charge is 0.497 e. The van der Waals surface area contributed by atoms with Crippen LogP contribution < -0.4 is 10.1 Å². The monoisotopic (exact) mass is 237 g/mol. The molecule has 1 aromatic carbocycles. The Morgan fingerprint density at radius 2 is 1.88 bits per heavy atom. The lowest BCUT2D eigenvalue weighted by atomic mass is 10.0. The summed E-state index contributed by atoms with van der Waals surface area (Å²) in [6.07, 6.45) is 2.16. The van der Waals surface area contributed by atoms with Crippen LogP contribution in [-0.2, 0) is 4.74 Å². The zero-order valence-corrected chi connectivity index (χ0v) is 11.0. The predicted octanol–water partition coefficient (Wildman–Crippen LogP) is 2.77. The molecule has 0 amide bonds. The Hall–Kier alpha value is -1.06. The molecule has 0 aliphatic heterocycles. The van der Waals surface area contributed by atoms with Crippen molar-refractivity contribution in [2.24, 2.45) is 0 Å². The molecule has 1 rings (SSSR count). The number of methoxy groups -OCH3 is 2. The number of hydrogen-bond donors (Lipinski definition) is 1. The number of nitrogens with one attached hydrogen (secondary N) is 1. The third-order valence-electron chi connectivity index (χ3n) is 2.81. The average molecular weight is 237 g/mol. The van der Waals surface area contributed by atoms with Crippen molar-refractivity contribution in [2.75, 3.05) is 27.4 Å². The highest BCUT2D eigenvalue weighted by molar-refractivity contribution is 5.29. The molecule has 0 aromatic heterocycles. The van der Waals surface area contributed by atoms with Crippen LogP contribution in [0, 0.1) is 0 Å². The molecule has 0 radical (unpaired) electrons. The Kier molecular flexibility index (Phi) is 6.67. The molecule has 0 saturated carbocycles. The summed E-state index contributed by atoms with van der Waals surface area (Å²) in [6.45, 7) is 3.93. The first kappa shape index (κ1) is 14.0. The van der Waals surface area contributed by atoms with E-state index >= 15 is 0 Å². The van der Waals surface area contributed by atoms with E-state index in [1.807, 2.05) is 12.1 Å². The van der Waals surface area contributed by atoms with Crippen LogP contribution in [0.4, 0.5) is 0 Å². The fraction of sp³-hybridized carbons (Fsp3) is 0.571. The second-order valence-electron chi connectivity index (χ2n) is 4.02. The Morgan fingerprint density at radius 3 is 2.41 bits per heavy atom. The van der Waals surface area contributed by atoms with Crippen molar-refractivity contribution in [3.8, 4) is 5.75 Å². The van der Waals surface area contributed by atoms with E-state index in [9.17, 15) is 0 Å².